The molecule has 0 aromatic carbocycles. The summed E-state index contributed by atoms with van der Waals surface area (Å²) in [6.45, 7) is 2.52. The molecule has 5 N–H and O–H groups in total. The van der Waals surface area contributed by atoms with Crippen molar-refractivity contribution in [1.82, 2.24) is 0 Å². The first-order chi connectivity index (χ1) is 9.15. The van der Waals surface area contributed by atoms with Gasteiger partial charge >= 0.3 is 0 Å². The van der Waals surface area contributed by atoms with Crippen molar-refractivity contribution in [3.05, 3.63) is 24.2 Å². The third kappa shape index (κ3) is 5.30. The molecule has 0 saturated heterocycles. The molecule has 0 saturated carbocycles. The van der Waals surface area contributed by atoms with Gasteiger partial charge in [-0.25, -0.2) is 0 Å². The van der Waals surface area contributed by atoms with E-state index < -0.39 is 11.6 Å². The molecule has 1 heterocycles. The normalized spacial score (nSPS) is 13.7. The van der Waals surface area contributed by atoms with Gasteiger partial charge in [0.15, 0.2) is 0 Å². The van der Waals surface area contributed by atoms with Crippen LogP contribution in [0.4, 0.5) is 0 Å². The summed E-state index contributed by atoms with van der Waals surface area (Å²) in [6.07, 6.45) is 1.54. The number of quaternary nitrogens is 1. The fourth-order valence-corrected chi connectivity index (χ4v) is 1.69. The summed E-state index contributed by atoms with van der Waals surface area (Å²) < 4.78 is 10.4. The van der Waals surface area contributed by atoms with Crippen molar-refractivity contribution >= 4 is 0 Å². The molecule has 1 rings (SSSR count). The van der Waals surface area contributed by atoms with Gasteiger partial charge in [0.1, 0.15) is 43.8 Å². The summed E-state index contributed by atoms with van der Waals surface area (Å²) in [7, 11) is 0. The van der Waals surface area contributed by atoms with E-state index in [1.807, 2.05) is 6.92 Å². The Balaban J connectivity index is 2.21. The molecule has 0 spiro atoms. The Labute approximate surface area is 113 Å². The summed E-state index contributed by atoms with van der Waals surface area (Å²) in [5.74, 6) is 0.713. The van der Waals surface area contributed by atoms with Crippen molar-refractivity contribution in [1.29, 1.82) is 0 Å². The molecule has 110 valence electrons. The van der Waals surface area contributed by atoms with Crippen molar-refractivity contribution in [3.63, 3.8) is 0 Å². The Morgan fingerprint density at radius 3 is 2.68 bits per heavy atom. The highest BCUT2D eigenvalue weighted by molar-refractivity contribution is 4.96. The first kappa shape index (κ1) is 16.1. The molecule has 1 aromatic rings. The van der Waals surface area contributed by atoms with Crippen LogP contribution < -0.4 is 5.32 Å². The summed E-state index contributed by atoms with van der Waals surface area (Å²) in [6, 6.07) is 3.58. The Morgan fingerprint density at radius 2 is 2.16 bits per heavy atom. The lowest BCUT2D eigenvalue weighted by Crippen LogP contribution is -3.00. The molecule has 0 aliphatic carbocycles. The van der Waals surface area contributed by atoms with Crippen LogP contribution in [0.2, 0.25) is 0 Å². The molecule has 0 amide bonds. The van der Waals surface area contributed by atoms with Crippen LogP contribution in [0.15, 0.2) is 22.8 Å². The predicted octanol–water partition coefficient (Wildman–Crippen LogP) is -1.15. The maximum atomic E-state index is 9.78. The lowest BCUT2D eigenvalue weighted by atomic mass is 9.98. The van der Waals surface area contributed by atoms with E-state index in [-0.39, 0.29) is 19.8 Å². The van der Waals surface area contributed by atoms with Gasteiger partial charge in [-0.3, -0.25) is 0 Å². The fraction of sp³-hybridized carbons (Fsp3) is 0.692. The highest BCUT2D eigenvalue weighted by atomic mass is 16.5. The van der Waals surface area contributed by atoms with Crippen molar-refractivity contribution in [2.24, 2.45) is 0 Å². The van der Waals surface area contributed by atoms with Crippen molar-refractivity contribution in [2.75, 3.05) is 26.4 Å². The number of rotatable bonds is 10. The van der Waals surface area contributed by atoms with E-state index in [1.54, 1.807) is 23.7 Å². The molecule has 0 fully saturated rings. The average Bonchev–Trinajstić information content (AvgIpc) is 2.94. The Hall–Kier alpha value is -0.920. The smallest absolute Gasteiger partial charge is 0.142 e. The monoisotopic (exact) mass is 274 g/mol. The zero-order valence-corrected chi connectivity index (χ0v) is 11.3. The number of ether oxygens (including phenoxy) is 1. The van der Waals surface area contributed by atoms with Gasteiger partial charge in [-0.1, -0.05) is 6.92 Å². The Kier molecular flexibility index (Phi) is 7.04. The van der Waals surface area contributed by atoms with Crippen LogP contribution in [0.1, 0.15) is 19.1 Å². The molecule has 19 heavy (non-hydrogen) atoms. The highest BCUT2D eigenvalue weighted by Gasteiger charge is 2.30. The first-order valence-corrected chi connectivity index (χ1v) is 6.50. The molecule has 0 bridgehead atoms. The molecule has 6 nitrogen and oxygen atoms in total. The van der Waals surface area contributed by atoms with E-state index in [9.17, 15) is 15.3 Å². The molecular weight excluding hydrogens is 250 g/mol. The van der Waals surface area contributed by atoms with Gasteiger partial charge < -0.3 is 29.8 Å². The van der Waals surface area contributed by atoms with Gasteiger partial charge in [0.05, 0.1) is 12.9 Å². The maximum Gasteiger partial charge on any atom is 0.142 e. The number of hydrogen-bond donors (Lipinski definition) is 4. The van der Waals surface area contributed by atoms with E-state index in [0.717, 1.165) is 0 Å². The highest BCUT2D eigenvalue weighted by Crippen LogP contribution is 2.03. The molecular formula is C13H24NO5+. The minimum atomic E-state index is -0.654. The van der Waals surface area contributed by atoms with Gasteiger partial charge in [0, 0.05) is 6.42 Å². The molecule has 1 aromatic heterocycles. The largest absolute Gasteiger partial charge is 0.467 e. The summed E-state index contributed by atoms with van der Waals surface area (Å²) in [5.41, 5.74) is -0.623. The van der Waals surface area contributed by atoms with Crippen LogP contribution in [0.3, 0.4) is 0 Å². The van der Waals surface area contributed by atoms with Crippen molar-refractivity contribution < 1.29 is 29.8 Å². The van der Waals surface area contributed by atoms with Crippen LogP contribution in [0, 0.1) is 0 Å². The minimum Gasteiger partial charge on any atom is -0.467 e. The molecule has 0 unspecified atom stereocenters. The van der Waals surface area contributed by atoms with Gasteiger partial charge in [0.25, 0.3) is 0 Å². The second kappa shape index (κ2) is 8.29. The van der Waals surface area contributed by atoms with Gasteiger partial charge in [0.2, 0.25) is 0 Å². The Bertz CT molecular complexity index is 316. The molecule has 0 aliphatic rings. The average molecular weight is 274 g/mol. The first-order valence-electron chi connectivity index (χ1n) is 6.50. The quantitative estimate of drug-likeness (QED) is 0.432. The molecule has 0 radical (unpaired) electrons. The molecule has 1 atom stereocenters. The van der Waals surface area contributed by atoms with Crippen LogP contribution in [-0.4, -0.2) is 53.3 Å². The predicted molar refractivity (Wildman–Crippen MR) is 68.4 cm³/mol. The van der Waals surface area contributed by atoms with E-state index in [4.69, 9.17) is 9.15 Å². The number of furan rings is 1. The Morgan fingerprint density at radius 1 is 1.42 bits per heavy atom. The van der Waals surface area contributed by atoms with Crippen LogP contribution in [0.25, 0.3) is 0 Å². The maximum absolute atomic E-state index is 9.78. The standard InChI is InChI=1S/C13H23NO5/c1-2-13(9-15,10-16)14-6-11(17)7-18-8-12-4-3-5-19-12/h3-5,11,14-17H,2,6-10H2,1H3/p+1/t11-/m1/s1. The molecule has 0 aliphatic heterocycles. The number of hydrogen-bond acceptors (Lipinski definition) is 5. The third-order valence-electron chi connectivity index (χ3n) is 3.29. The van der Waals surface area contributed by atoms with E-state index in [2.05, 4.69) is 0 Å². The van der Waals surface area contributed by atoms with Gasteiger partial charge in [-0.15, -0.1) is 0 Å². The van der Waals surface area contributed by atoms with Crippen LogP contribution in [-0.2, 0) is 11.3 Å². The lowest BCUT2D eigenvalue weighted by Gasteiger charge is -2.27. The van der Waals surface area contributed by atoms with E-state index in [1.165, 1.54) is 0 Å². The zero-order valence-electron chi connectivity index (χ0n) is 11.3. The lowest BCUT2D eigenvalue weighted by molar-refractivity contribution is -0.736. The summed E-state index contributed by atoms with van der Waals surface area (Å²) in [5, 5.41) is 30.1. The summed E-state index contributed by atoms with van der Waals surface area (Å²) in [4.78, 5) is 0. The summed E-state index contributed by atoms with van der Waals surface area (Å²) >= 11 is 0. The number of aliphatic hydroxyl groups excluding tert-OH is 3. The van der Waals surface area contributed by atoms with Gasteiger partial charge in [-0.2, -0.15) is 0 Å². The fourth-order valence-electron chi connectivity index (χ4n) is 1.69. The second-order valence-electron chi connectivity index (χ2n) is 4.72. The molecule has 6 heteroatoms. The van der Waals surface area contributed by atoms with Crippen LogP contribution in [0.5, 0.6) is 0 Å². The van der Waals surface area contributed by atoms with Crippen LogP contribution >= 0.6 is 0 Å². The number of nitrogens with two attached hydrogens (primary N) is 1. The SMILES string of the molecule is CCC(CO)(CO)[NH2+]C[C@@H](O)COCc1ccco1. The zero-order chi connectivity index (χ0) is 14.1. The number of aliphatic hydroxyl groups is 3. The van der Waals surface area contributed by atoms with E-state index >= 15 is 0 Å². The van der Waals surface area contributed by atoms with Gasteiger partial charge in [-0.05, 0) is 12.1 Å². The van der Waals surface area contributed by atoms with Crippen molar-refractivity contribution in [3.8, 4) is 0 Å². The third-order valence-corrected chi connectivity index (χ3v) is 3.29. The second-order valence-corrected chi connectivity index (χ2v) is 4.72. The topological polar surface area (TPSA) is 99.7 Å². The minimum absolute atomic E-state index is 0.125. The van der Waals surface area contributed by atoms with E-state index in [0.29, 0.717) is 25.3 Å². The van der Waals surface area contributed by atoms with Crippen molar-refractivity contribution in [2.45, 2.75) is 31.6 Å².